The van der Waals surface area contributed by atoms with Crippen molar-refractivity contribution < 1.29 is 18.1 Å². The van der Waals surface area contributed by atoms with Gasteiger partial charge in [-0.05, 0) is 64.7 Å². The third-order valence-electron chi connectivity index (χ3n) is 4.70. The summed E-state index contributed by atoms with van der Waals surface area (Å²) in [5.74, 6) is 0.449. The van der Waals surface area contributed by atoms with Crippen LogP contribution in [0.4, 0.5) is 0 Å². The molecule has 5 heteroatoms. The first-order valence-electron chi connectivity index (χ1n) is 9.73. The van der Waals surface area contributed by atoms with E-state index in [9.17, 15) is 4.57 Å². The van der Waals surface area contributed by atoms with Crippen LogP contribution in [0.1, 0.15) is 13.8 Å². The van der Waals surface area contributed by atoms with Crippen LogP contribution in [0.2, 0.25) is 0 Å². The lowest BCUT2D eigenvalue weighted by atomic mass is 9.93. The molecule has 148 valence electrons. The maximum atomic E-state index is 12.8. The van der Waals surface area contributed by atoms with Crippen LogP contribution in [0.5, 0.6) is 5.75 Å². The molecule has 4 rings (SSSR count). The van der Waals surface area contributed by atoms with E-state index >= 15 is 0 Å². The van der Waals surface area contributed by atoms with Crippen LogP contribution in [-0.4, -0.2) is 13.2 Å². The maximum Gasteiger partial charge on any atom is 0.530 e. The molecule has 4 nitrogen and oxygen atoms in total. The number of hydrogen-bond acceptors (Lipinski definition) is 4. The van der Waals surface area contributed by atoms with E-state index in [2.05, 4.69) is 42.5 Å². The average Bonchev–Trinajstić information content (AvgIpc) is 2.73. The summed E-state index contributed by atoms with van der Waals surface area (Å²) in [5, 5.41) is 4.74. The molecule has 0 aliphatic heterocycles. The van der Waals surface area contributed by atoms with Gasteiger partial charge >= 0.3 is 7.82 Å². The van der Waals surface area contributed by atoms with Crippen LogP contribution >= 0.6 is 7.82 Å². The van der Waals surface area contributed by atoms with Crippen LogP contribution in [0.3, 0.4) is 0 Å². The Balaban J connectivity index is 1.82. The quantitative estimate of drug-likeness (QED) is 0.240. The van der Waals surface area contributed by atoms with Crippen molar-refractivity contribution in [3.05, 3.63) is 78.9 Å². The highest BCUT2D eigenvalue weighted by Crippen LogP contribution is 2.49. The van der Waals surface area contributed by atoms with Crippen LogP contribution in [-0.2, 0) is 13.6 Å². The summed E-state index contributed by atoms with van der Waals surface area (Å²) in [6, 6.07) is 26.4. The van der Waals surface area contributed by atoms with E-state index in [1.165, 1.54) is 16.2 Å². The summed E-state index contributed by atoms with van der Waals surface area (Å²) in [6.45, 7) is 4.00. The van der Waals surface area contributed by atoms with Gasteiger partial charge in [-0.3, -0.25) is 9.05 Å². The van der Waals surface area contributed by atoms with Gasteiger partial charge < -0.3 is 4.52 Å². The summed E-state index contributed by atoms with van der Waals surface area (Å²) in [5.41, 5.74) is 2.07. The average molecular weight is 406 g/mol. The Hall–Kier alpha value is -2.65. The molecule has 0 spiro atoms. The molecule has 4 aromatic carbocycles. The van der Waals surface area contributed by atoms with Crippen molar-refractivity contribution in [2.24, 2.45) is 0 Å². The van der Waals surface area contributed by atoms with Gasteiger partial charge in [0.15, 0.2) is 0 Å². The SMILES string of the molecule is CCOP(=O)(OCC)Oc1cccc(-c2cc3ccccc3c3ccccc23)c1. The lowest BCUT2D eigenvalue weighted by Crippen LogP contribution is -2.02. The number of rotatable bonds is 7. The van der Waals surface area contributed by atoms with Gasteiger partial charge in [0.05, 0.1) is 13.2 Å². The molecule has 0 fully saturated rings. The lowest BCUT2D eigenvalue weighted by molar-refractivity contribution is 0.167. The molecule has 0 atom stereocenters. The normalized spacial score (nSPS) is 11.8. The van der Waals surface area contributed by atoms with E-state index in [0.717, 1.165) is 16.5 Å². The summed E-state index contributed by atoms with van der Waals surface area (Å²) in [4.78, 5) is 0. The second-order valence-corrected chi connectivity index (χ2v) is 8.19. The van der Waals surface area contributed by atoms with E-state index in [-0.39, 0.29) is 13.2 Å². The first kappa shape index (κ1) is 19.7. The smallest absolute Gasteiger partial charge is 0.404 e. The highest BCUT2D eigenvalue weighted by molar-refractivity contribution is 7.48. The summed E-state index contributed by atoms with van der Waals surface area (Å²) < 4.78 is 28.9. The van der Waals surface area contributed by atoms with E-state index in [1.807, 2.05) is 30.3 Å². The molecule has 0 unspecified atom stereocenters. The fourth-order valence-electron chi connectivity index (χ4n) is 3.55. The molecule has 0 saturated heterocycles. The van der Waals surface area contributed by atoms with Gasteiger partial charge in [0.2, 0.25) is 0 Å². The van der Waals surface area contributed by atoms with E-state index in [1.54, 1.807) is 19.9 Å². The van der Waals surface area contributed by atoms with Crippen molar-refractivity contribution in [2.75, 3.05) is 13.2 Å². The molecule has 4 aromatic rings. The van der Waals surface area contributed by atoms with Gasteiger partial charge in [0.25, 0.3) is 0 Å². The molecule has 0 bridgehead atoms. The minimum absolute atomic E-state index is 0.242. The van der Waals surface area contributed by atoms with Crippen LogP contribution in [0, 0.1) is 0 Å². The van der Waals surface area contributed by atoms with Gasteiger partial charge in [0, 0.05) is 0 Å². The summed E-state index contributed by atoms with van der Waals surface area (Å²) in [7, 11) is -3.64. The molecule has 0 heterocycles. The lowest BCUT2D eigenvalue weighted by Gasteiger charge is -2.18. The second-order valence-electron chi connectivity index (χ2n) is 6.59. The molecule has 0 aliphatic carbocycles. The van der Waals surface area contributed by atoms with Gasteiger partial charge in [-0.1, -0.05) is 60.7 Å². The molecule has 0 radical (unpaired) electrons. The Morgan fingerprint density at radius 3 is 2.10 bits per heavy atom. The molecular weight excluding hydrogens is 383 g/mol. The Bertz CT molecular complexity index is 1190. The number of benzene rings is 4. The second kappa shape index (κ2) is 8.38. The Kier molecular flexibility index (Phi) is 5.68. The Morgan fingerprint density at radius 2 is 1.38 bits per heavy atom. The molecule has 29 heavy (non-hydrogen) atoms. The van der Waals surface area contributed by atoms with Crippen molar-refractivity contribution >= 4 is 29.4 Å². The van der Waals surface area contributed by atoms with Crippen LogP contribution in [0.25, 0.3) is 32.7 Å². The number of phosphoric ester groups is 1. The minimum atomic E-state index is -3.64. The Morgan fingerprint density at radius 1 is 0.724 bits per heavy atom. The first-order valence-corrected chi connectivity index (χ1v) is 11.2. The molecule has 0 aromatic heterocycles. The fraction of sp³-hybridized carbons (Fsp3) is 0.167. The zero-order valence-electron chi connectivity index (χ0n) is 16.5. The van der Waals surface area contributed by atoms with Gasteiger partial charge in [-0.15, -0.1) is 0 Å². The van der Waals surface area contributed by atoms with Gasteiger partial charge in [-0.2, -0.15) is 0 Å². The van der Waals surface area contributed by atoms with Crippen molar-refractivity contribution in [3.63, 3.8) is 0 Å². The fourth-order valence-corrected chi connectivity index (χ4v) is 4.73. The standard InChI is InChI=1S/C24H23O4P/c1-3-26-29(25,27-4-2)28-20-12-9-11-18(16-20)24-17-19-10-5-6-13-21(19)22-14-7-8-15-23(22)24/h5-17H,3-4H2,1-2H3. The zero-order chi connectivity index (χ0) is 20.3. The first-order chi connectivity index (χ1) is 14.1. The van der Waals surface area contributed by atoms with Crippen molar-refractivity contribution in [3.8, 4) is 16.9 Å². The number of fused-ring (bicyclic) bond motifs is 3. The summed E-state index contributed by atoms with van der Waals surface area (Å²) >= 11 is 0. The zero-order valence-corrected chi connectivity index (χ0v) is 17.4. The number of phosphoric acid groups is 1. The van der Waals surface area contributed by atoms with Crippen LogP contribution in [0.15, 0.2) is 78.9 Å². The largest absolute Gasteiger partial charge is 0.530 e. The molecule has 0 aliphatic rings. The highest BCUT2D eigenvalue weighted by atomic mass is 31.2. The van der Waals surface area contributed by atoms with E-state index < -0.39 is 7.82 Å². The van der Waals surface area contributed by atoms with E-state index in [4.69, 9.17) is 13.6 Å². The third-order valence-corrected chi connectivity index (χ3v) is 6.29. The molecule has 0 saturated carbocycles. The van der Waals surface area contributed by atoms with Crippen molar-refractivity contribution in [1.29, 1.82) is 0 Å². The maximum absolute atomic E-state index is 12.8. The van der Waals surface area contributed by atoms with Gasteiger partial charge in [0.1, 0.15) is 5.75 Å². The molecular formula is C24H23O4P. The topological polar surface area (TPSA) is 44.8 Å². The van der Waals surface area contributed by atoms with E-state index in [0.29, 0.717) is 5.75 Å². The van der Waals surface area contributed by atoms with Gasteiger partial charge in [-0.25, -0.2) is 4.57 Å². The molecule has 0 N–H and O–H groups in total. The van der Waals surface area contributed by atoms with Crippen molar-refractivity contribution in [1.82, 2.24) is 0 Å². The van der Waals surface area contributed by atoms with Crippen LogP contribution < -0.4 is 4.52 Å². The predicted octanol–water partition coefficient (Wildman–Crippen LogP) is 7.22. The molecule has 0 amide bonds. The van der Waals surface area contributed by atoms with Crippen molar-refractivity contribution in [2.45, 2.75) is 13.8 Å². The predicted molar refractivity (Wildman–Crippen MR) is 118 cm³/mol. The third kappa shape index (κ3) is 4.06. The number of hydrogen-bond donors (Lipinski definition) is 0. The monoisotopic (exact) mass is 406 g/mol. The highest BCUT2D eigenvalue weighted by Gasteiger charge is 2.27. The summed E-state index contributed by atoms with van der Waals surface area (Å²) in [6.07, 6.45) is 0. The minimum Gasteiger partial charge on any atom is -0.404 e. The Labute approximate surface area is 170 Å².